The van der Waals surface area contributed by atoms with E-state index in [0.29, 0.717) is 17.2 Å². The summed E-state index contributed by atoms with van der Waals surface area (Å²) in [6.45, 7) is 1.97. The Morgan fingerprint density at radius 2 is 1.82 bits per heavy atom. The zero-order valence-electron chi connectivity index (χ0n) is 10.7. The minimum atomic E-state index is -0.0181. The lowest BCUT2D eigenvalue weighted by atomic mass is 10.2. The van der Waals surface area contributed by atoms with E-state index in [4.69, 9.17) is 20.3 Å². The molecule has 1 rings (SSSR count). The number of rotatable bonds is 5. The number of aliphatic hydroxyl groups excluding tert-OH is 1. The zero-order valence-corrected chi connectivity index (χ0v) is 10.7. The lowest BCUT2D eigenvalue weighted by Crippen LogP contribution is -2.32. The van der Waals surface area contributed by atoms with Crippen LogP contribution < -0.4 is 20.1 Å². The maximum absolute atomic E-state index is 9.15. The molecule has 1 unspecified atom stereocenters. The van der Waals surface area contributed by atoms with Gasteiger partial charge in [0.15, 0.2) is 11.5 Å². The Labute approximate surface area is 102 Å². The van der Waals surface area contributed by atoms with E-state index >= 15 is 0 Å². The molecule has 5 nitrogen and oxygen atoms in total. The first kappa shape index (κ1) is 13.4. The van der Waals surface area contributed by atoms with Crippen LogP contribution in [0.1, 0.15) is 6.92 Å². The van der Waals surface area contributed by atoms with Crippen LogP contribution in [0.2, 0.25) is 0 Å². The number of ether oxygens (including phenoxy) is 2. The second-order valence-electron chi connectivity index (χ2n) is 3.91. The topological polar surface area (TPSA) is 68.0 Å². The Balaban J connectivity index is 3.16. The van der Waals surface area contributed by atoms with Crippen LogP contribution in [0.5, 0.6) is 11.5 Å². The fourth-order valence-corrected chi connectivity index (χ4v) is 1.55. The van der Waals surface area contributed by atoms with E-state index in [1.807, 2.05) is 18.9 Å². The molecule has 0 saturated heterocycles. The number of anilines is 2. The Hall–Kier alpha value is -1.62. The van der Waals surface area contributed by atoms with E-state index < -0.39 is 0 Å². The highest BCUT2D eigenvalue weighted by Gasteiger charge is 2.15. The number of benzene rings is 1. The molecule has 0 radical (unpaired) electrons. The molecule has 96 valence electrons. The maximum Gasteiger partial charge on any atom is 0.162 e. The fraction of sp³-hybridized carbons (Fsp3) is 0.500. The number of hydrogen-bond donors (Lipinski definition) is 2. The van der Waals surface area contributed by atoms with Crippen molar-refractivity contribution in [1.29, 1.82) is 0 Å². The number of likely N-dealkylation sites (N-methyl/N-ethyl adjacent to an activating group) is 1. The maximum atomic E-state index is 9.15. The molecule has 0 heterocycles. The highest BCUT2D eigenvalue weighted by Crippen LogP contribution is 2.36. The third kappa shape index (κ3) is 2.74. The summed E-state index contributed by atoms with van der Waals surface area (Å²) in [5.41, 5.74) is 7.35. The normalized spacial score (nSPS) is 12.1. The molecule has 0 aliphatic rings. The largest absolute Gasteiger partial charge is 0.493 e. The Bertz CT molecular complexity index is 382. The molecule has 17 heavy (non-hydrogen) atoms. The average molecular weight is 240 g/mol. The summed E-state index contributed by atoms with van der Waals surface area (Å²) in [4.78, 5) is 1.90. The quantitative estimate of drug-likeness (QED) is 0.754. The molecule has 0 amide bonds. The number of nitrogen functional groups attached to an aromatic ring is 1. The van der Waals surface area contributed by atoms with E-state index in [9.17, 15) is 0 Å². The standard InChI is InChI=1S/C12H20N2O3/c1-8(7-15)14(2)10-6-12(17-4)11(16-3)5-9(10)13/h5-6,8,15H,7,13H2,1-4H3. The molecular formula is C12H20N2O3. The smallest absolute Gasteiger partial charge is 0.162 e. The van der Waals surface area contributed by atoms with Crippen LogP contribution in [0.25, 0.3) is 0 Å². The second-order valence-corrected chi connectivity index (χ2v) is 3.91. The van der Waals surface area contributed by atoms with E-state index in [0.717, 1.165) is 5.69 Å². The van der Waals surface area contributed by atoms with Crippen molar-refractivity contribution in [2.75, 3.05) is 38.5 Å². The van der Waals surface area contributed by atoms with Crippen LogP contribution in [0, 0.1) is 0 Å². The summed E-state index contributed by atoms with van der Waals surface area (Å²) in [6, 6.07) is 3.50. The predicted molar refractivity (Wildman–Crippen MR) is 68.9 cm³/mol. The lowest BCUT2D eigenvalue weighted by Gasteiger charge is -2.27. The van der Waals surface area contributed by atoms with Gasteiger partial charge in [-0.1, -0.05) is 0 Å². The first-order chi connectivity index (χ1) is 8.04. The van der Waals surface area contributed by atoms with E-state index in [-0.39, 0.29) is 12.6 Å². The molecule has 3 N–H and O–H groups in total. The molecule has 1 atom stereocenters. The predicted octanol–water partition coefficient (Wildman–Crippen LogP) is 1.10. The van der Waals surface area contributed by atoms with Gasteiger partial charge in [-0.3, -0.25) is 0 Å². The van der Waals surface area contributed by atoms with Gasteiger partial charge in [0.2, 0.25) is 0 Å². The van der Waals surface area contributed by atoms with Crippen LogP contribution in [0.4, 0.5) is 11.4 Å². The summed E-state index contributed by atoms with van der Waals surface area (Å²) >= 11 is 0. The highest BCUT2D eigenvalue weighted by molar-refractivity contribution is 5.73. The van der Waals surface area contributed by atoms with Crippen molar-refractivity contribution in [1.82, 2.24) is 0 Å². The van der Waals surface area contributed by atoms with Crippen molar-refractivity contribution in [3.05, 3.63) is 12.1 Å². The van der Waals surface area contributed by atoms with Gasteiger partial charge < -0.3 is 25.2 Å². The van der Waals surface area contributed by atoms with E-state index in [1.165, 1.54) is 0 Å². The third-order valence-electron chi connectivity index (χ3n) is 2.84. The average Bonchev–Trinajstić information content (AvgIpc) is 2.36. The molecule has 5 heteroatoms. The van der Waals surface area contributed by atoms with Crippen molar-refractivity contribution < 1.29 is 14.6 Å². The number of nitrogens with two attached hydrogens (primary N) is 1. The van der Waals surface area contributed by atoms with Crippen molar-refractivity contribution in [2.24, 2.45) is 0 Å². The summed E-state index contributed by atoms with van der Waals surface area (Å²) in [7, 11) is 5.02. The van der Waals surface area contributed by atoms with Crippen molar-refractivity contribution >= 4 is 11.4 Å². The summed E-state index contributed by atoms with van der Waals surface area (Å²) < 4.78 is 10.4. The Morgan fingerprint density at radius 3 is 2.29 bits per heavy atom. The molecule has 1 aromatic rings. The molecule has 0 fully saturated rings. The van der Waals surface area contributed by atoms with E-state index in [2.05, 4.69) is 0 Å². The molecule has 0 aromatic heterocycles. The molecule has 1 aromatic carbocycles. The number of nitrogens with zero attached hydrogens (tertiary/aromatic N) is 1. The first-order valence-electron chi connectivity index (χ1n) is 5.40. The van der Waals surface area contributed by atoms with Gasteiger partial charge in [0.1, 0.15) is 0 Å². The van der Waals surface area contributed by atoms with Crippen molar-refractivity contribution in [3.8, 4) is 11.5 Å². The van der Waals surface area contributed by atoms with Gasteiger partial charge in [0.05, 0.1) is 32.2 Å². The number of aliphatic hydroxyl groups is 1. The molecule has 0 saturated carbocycles. The third-order valence-corrected chi connectivity index (χ3v) is 2.84. The van der Waals surface area contributed by atoms with Crippen LogP contribution in [-0.2, 0) is 0 Å². The van der Waals surface area contributed by atoms with Crippen molar-refractivity contribution in [3.63, 3.8) is 0 Å². The monoisotopic (exact) mass is 240 g/mol. The number of hydrogen-bond acceptors (Lipinski definition) is 5. The number of methoxy groups -OCH3 is 2. The van der Waals surface area contributed by atoms with Crippen LogP contribution in [0.15, 0.2) is 12.1 Å². The van der Waals surface area contributed by atoms with E-state index in [1.54, 1.807) is 26.4 Å². The molecule has 0 aliphatic heterocycles. The van der Waals surface area contributed by atoms with Gasteiger partial charge in [-0.25, -0.2) is 0 Å². The minimum absolute atomic E-state index is 0.0181. The second kappa shape index (κ2) is 5.63. The molecule has 0 bridgehead atoms. The van der Waals surface area contributed by atoms with Gasteiger partial charge in [-0.05, 0) is 6.92 Å². The lowest BCUT2D eigenvalue weighted by molar-refractivity contribution is 0.270. The summed E-state index contributed by atoms with van der Waals surface area (Å²) in [5, 5.41) is 9.15. The molecule has 0 aliphatic carbocycles. The molecule has 0 spiro atoms. The summed E-state index contributed by atoms with van der Waals surface area (Å²) in [5.74, 6) is 1.22. The Kier molecular flexibility index (Phi) is 4.45. The van der Waals surface area contributed by atoms with Crippen molar-refractivity contribution in [2.45, 2.75) is 13.0 Å². The van der Waals surface area contributed by atoms with Gasteiger partial charge in [0.25, 0.3) is 0 Å². The van der Waals surface area contributed by atoms with Gasteiger partial charge in [-0.15, -0.1) is 0 Å². The van der Waals surface area contributed by atoms with Gasteiger partial charge >= 0.3 is 0 Å². The van der Waals surface area contributed by atoms with Gasteiger partial charge in [-0.2, -0.15) is 0 Å². The SMILES string of the molecule is COc1cc(N)c(N(C)C(C)CO)cc1OC. The fourth-order valence-electron chi connectivity index (χ4n) is 1.55. The molecular weight excluding hydrogens is 220 g/mol. The zero-order chi connectivity index (χ0) is 13.0. The highest BCUT2D eigenvalue weighted by atomic mass is 16.5. The van der Waals surface area contributed by atoms with Gasteiger partial charge in [0, 0.05) is 25.2 Å². The first-order valence-corrected chi connectivity index (χ1v) is 5.40. The Morgan fingerprint density at radius 1 is 1.29 bits per heavy atom. The van der Waals surface area contributed by atoms with Crippen LogP contribution in [-0.4, -0.2) is 39.0 Å². The van der Waals surface area contributed by atoms with Crippen LogP contribution >= 0.6 is 0 Å². The minimum Gasteiger partial charge on any atom is -0.493 e. The summed E-state index contributed by atoms with van der Waals surface area (Å²) in [6.07, 6.45) is 0. The van der Waals surface area contributed by atoms with Crippen LogP contribution in [0.3, 0.4) is 0 Å².